The lowest BCUT2D eigenvalue weighted by molar-refractivity contribution is -0.121. The zero-order valence-electron chi connectivity index (χ0n) is 14.4. The minimum atomic E-state index is 0.0464. The number of amides is 2. The van der Waals surface area contributed by atoms with E-state index >= 15 is 0 Å². The summed E-state index contributed by atoms with van der Waals surface area (Å²) < 4.78 is 0. The first-order chi connectivity index (χ1) is 11.6. The molecule has 0 bridgehead atoms. The van der Waals surface area contributed by atoms with Crippen molar-refractivity contribution in [3.8, 4) is 0 Å². The van der Waals surface area contributed by atoms with Gasteiger partial charge in [-0.2, -0.15) is 0 Å². The fraction of sp³-hybridized carbons (Fsp3) is 0.579. The van der Waals surface area contributed by atoms with Gasteiger partial charge in [-0.3, -0.25) is 9.59 Å². The van der Waals surface area contributed by atoms with Gasteiger partial charge < -0.3 is 16.0 Å². The van der Waals surface area contributed by atoms with Gasteiger partial charge in [-0.15, -0.1) is 0 Å². The predicted molar refractivity (Wildman–Crippen MR) is 96.0 cm³/mol. The molecule has 1 aliphatic heterocycles. The molecule has 130 valence electrons. The van der Waals surface area contributed by atoms with E-state index in [0.717, 1.165) is 57.2 Å². The van der Waals surface area contributed by atoms with Gasteiger partial charge in [0.05, 0.1) is 11.4 Å². The van der Waals surface area contributed by atoms with Gasteiger partial charge in [0.2, 0.25) is 11.8 Å². The molecule has 2 aliphatic rings. The van der Waals surface area contributed by atoms with E-state index in [1.165, 1.54) is 0 Å². The molecular formula is C19H27N3O2. The van der Waals surface area contributed by atoms with Crippen molar-refractivity contribution in [2.24, 2.45) is 11.8 Å². The molecule has 1 aliphatic carbocycles. The molecule has 2 amide bonds. The molecule has 3 N–H and O–H groups in total. The van der Waals surface area contributed by atoms with Crippen LogP contribution in [0.5, 0.6) is 0 Å². The normalized spacial score (nSPS) is 19.2. The number of aryl methyl sites for hydroxylation is 1. The van der Waals surface area contributed by atoms with Gasteiger partial charge in [-0.25, -0.2) is 0 Å². The monoisotopic (exact) mass is 329 g/mol. The molecule has 1 saturated heterocycles. The maximum Gasteiger partial charge on any atom is 0.227 e. The van der Waals surface area contributed by atoms with Gasteiger partial charge in [-0.1, -0.05) is 18.9 Å². The summed E-state index contributed by atoms with van der Waals surface area (Å²) in [6.45, 7) is 3.76. The highest BCUT2D eigenvalue weighted by Gasteiger charge is 2.25. The van der Waals surface area contributed by atoms with E-state index in [4.69, 9.17) is 0 Å². The smallest absolute Gasteiger partial charge is 0.227 e. The Labute approximate surface area is 143 Å². The van der Waals surface area contributed by atoms with Crippen molar-refractivity contribution in [2.45, 2.75) is 45.4 Å². The average Bonchev–Trinajstić information content (AvgIpc) is 3.13. The minimum absolute atomic E-state index is 0.0464. The quantitative estimate of drug-likeness (QED) is 0.795. The van der Waals surface area contributed by atoms with Crippen LogP contribution in [-0.2, 0) is 9.59 Å². The molecule has 1 heterocycles. The van der Waals surface area contributed by atoms with Gasteiger partial charge in [0.1, 0.15) is 0 Å². The standard InChI is InChI=1S/C19H27N3O2/c1-13-6-7-16(21-18(23)14-4-2-3-5-14)17(12-13)22-19(24)15-8-10-20-11-9-15/h6-7,12,14-15,20H,2-5,8-11H2,1H3,(H,21,23)(H,22,24). The molecule has 24 heavy (non-hydrogen) atoms. The van der Waals surface area contributed by atoms with Gasteiger partial charge in [-0.05, 0) is 63.4 Å². The van der Waals surface area contributed by atoms with Crippen LogP contribution in [0.3, 0.4) is 0 Å². The predicted octanol–water partition coefficient (Wildman–Crippen LogP) is 3.06. The van der Waals surface area contributed by atoms with Crippen LogP contribution in [0.15, 0.2) is 18.2 Å². The Balaban J connectivity index is 1.70. The molecule has 2 fully saturated rings. The van der Waals surface area contributed by atoms with Crippen LogP contribution in [0.4, 0.5) is 11.4 Å². The second-order valence-electron chi connectivity index (χ2n) is 7.03. The van der Waals surface area contributed by atoms with Crippen molar-refractivity contribution >= 4 is 23.2 Å². The lowest BCUT2D eigenvalue weighted by atomic mass is 9.97. The van der Waals surface area contributed by atoms with Gasteiger partial charge in [0.25, 0.3) is 0 Å². The zero-order valence-corrected chi connectivity index (χ0v) is 14.4. The summed E-state index contributed by atoms with van der Waals surface area (Å²) in [5.41, 5.74) is 2.49. The summed E-state index contributed by atoms with van der Waals surface area (Å²) in [5.74, 6) is 0.289. The first kappa shape index (κ1) is 17.0. The number of rotatable bonds is 4. The fourth-order valence-corrected chi connectivity index (χ4v) is 3.61. The molecule has 1 saturated carbocycles. The van der Waals surface area contributed by atoms with E-state index in [9.17, 15) is 9.59 Å². The number of carbonyl (C=O) groups excluding carboxylic acids is 2. The second-order valence-corrected chi connectivity index (χ2v) is 7.03. The van der Waals surface area contributed by atoms with Crippen LogP contribution in [0.1, 0.15) is 44.1 Å². The molecule has 5 nitrogen and oxygen atoms in total. The summed E-state index contributed by atoms with van der Waals surface area (Å²) in [6, 6.07) is 5.79. The number of piperidine rings is 1. The second kappa shape index (κ2) is 7.79. The molecule has 3 rings (SSSR count). The Bertz CT molecular complexity index is 603. The summed E-state index contributed by atoms with van der Waals surface area (Å²) in [7, 11) is 0. The minimum Gasteiger partial charge on any atom is -0.324 e. The highest BCUT2D eigenvalue weighted by atomic mass is 16.2. The molecule has 5 heteroatoms. The number of carbonyl (C=O) groups is 2. The zero-order chi connectivity index (χ0) is 16.9. The van der Waals surface area contributed by atoms with Crippen molar-refractivity contribution in [1.29, 1.82) is 0 Å². The molecule has 0 aromatic heterocycles. The first-order valence-electron chi connectivity index (χ1n) is 9.06. The summed E-state index contributed by atoms with van der Waals surface area (Å²) in [6.07, 6.45) is 5.92. The van der Waals surface area contributed by atoms with Gasteiger partial charge >= 0.3 is 0 Å². The summed E-state index contributed by atoms with van der Waals surface area (Å²) >= 11 is 0. The first-order valence-corrected chi connectivity index (χ1v) is 9.06. The molecular weight excluding hydrogens is 302 g/mol. The third-order valence-electron chi connectivity index (χ3n) is 5.13. The summed E-state index contributed by atoms with van der Waals surface area (Å²) in [4.78, 5) is 24.9. The van der Waals surface area contributed by atoms with Gasteiger partial charge in [0.15, 0.2) is 0 Å². The third kappa shape index (κ3) is 4.15. The van der Waals surface area contributed by atoms with E-state index in [1.807, 2.05) is 25.1 Å². The lowest BCUT2D eigenvalue weighted by Crippen LogP contribution is -2.34. The number of hydrogen-bond donors (Lipinski definition) is 3. The van der Waals surface area contributed by atoms with Crippen molar-refractivity contribution in [3.05, 3.63) is 23.8 Å². The maximum atomic E-state index is 12.5. The van der Waals surface area contributed by atoms with E-state index in [0.29, 0.717) is 11.4 Å². The van der Waals surface area contributed by atoms with Crippen molar-refractivity contribution in [3.63, 3.8) is 0 Å². The molecule has 1 aromatic carbocycles. The Hall–Kier alpha value is -1.88. The van der Waals surface area contributed by atoms with Gasteiger partial charge in [0, 0.05) is 11.8 Å². The van der Waals surface area contributed by atoms with E-state index in [1.54, 1.807) is 0 Å². The van der Waals surface area contributed by atoms with E-state index < -0.39 is 0 Å². The Morgan fingerprint density at radius 1 is 0.917 bits per heavy atom. The fourth-order valence-electron chi connectivity index (χ4n) is 3.61. The van der Waals surface area contributed by atoms with Crippen molar-refractivity contribution < 1.29 is 9.59 Å². The Morgan fingerprint density at radius 3 is 2.17 bits per heavy atom. The SMILES string of the molecule is Cc1ccc(NC(=O)C2CCCC2)c(NC(=O)C2CCNCC2)c1. The van der Waals surface area contributed by atoms with Crippen LogP contribution in [0.2, 0.25) is 0 Å². The number of nitrogens with one attached hydrogen (secondary N) is 3. The number of hydrogen-bond acceptors (Lipinski definition) is 3. The molecule has 0 unspecified atom stereocenters. The van der Waals surface area contributed by atoms with Crippen LogP contribution < -0.4 is 16.0 Å². The average molecular weight is 329 g/mol. The Morgan fingerprint density at radius 2 is 1.50 bits per heavy atom. The van der Waals surface area contributed by atoms with E-state index in [2.05, 4.69) is 16.0 Å². The molecule has 0 atom stereocenters. The van der Waals surface area contributed by atoms with E-state index in [-0.39, 0.29) is 23.7 Å². The molecule has 1 aromatic rings. The number of anilines is 2. The molecule has 0 spiro atoms. The van der Waals surface area contributed by atoms with Crippen molar-refractivity contribution in [1.82, 2.24) is 5.32 Å². The Kier molecular flexibility index (Phi) is 5.51. The topological polar surface area (TPSA) is 70.2 Å². The highest BCUT2D eigenvalue weighted by Crippen LogP contribution is 2.29. The van der Waals surface area contributed by atoms with Crippen LogP contribution in [-0.4, -0.2) is 24.9 Å². The van der Waals surface area contributed by atoms with Crippen molar-refractivity contribution in [2.75, 3.05) is 23.7 Å². The highest BCUT2D eigenvalue weighted by molar-refractivity contribution is 6.01. The summed E-state index contributed by atoms with van der Waals surface area (Å²) in [5, 5.41) is 9.33. The maximum absolute atomic E-state index is 12.5. The van der Waals surface area contributed by atoms with Crippen LogP contribution in [0, 0.1) is 18.8 Å². The molecule has 0 radical (unpaired) electrons. The largest absolute Gasteiger partial charge is 0.324 e. The number of benzene rings is 1. The van der Waals surface area contributed by atoms with Crippen LogP contribution >= 0.6 is 0 Å². The van der Waals surface area contributed by atoms with Crippen LogP contribution in [0.25, 0.3) is 0 Å². The lowest BCUT2D eigenvalue weighted by Gasteiger charge is -2.23. The third-order valence-corrected chi connectivity index (χ3v) is 5.13.